The number of methoxy groups -OCH3 is 1. The van der Waals surface area contributed by atoms with Crippen molar-refractivity contribution in [2.45, 2.75) is 32.0 Å². The third-order valence-corrected chi connectivity index (χ3v) is 4.07. The first-order valence-corrected chi connectivity index (χ1v) is 7.34. The Morgan fingerprint density at radius 1 is 1.43 bits per heavy atom. The zero-order valence-corrected chi connectivity index (χ0v) is 12.8. The van der Waals surface area contributed by atoms with E-state index in [2.05, 4.69) is 9.72 Å². The number of aromatic nitrogens is 1. The van der Waals surface area contributed by atoms with Crippen molar-refractivity contribution in [1.82, 2.24) is 4.98 Å². The van der Waals surface area contributed by atoms with Crippen molar-refractivity contribution >= 4 is 11.8 Å². The summed E-state index contributed by atoms with van der Waals surface area (Å²) in [5.74, 6) is 0.378. The molecule has 1 aromatic rings. The van der Waals surface area contributed by atoms with Crippen LogP contribution in [0.15, 0.2) is 12.3 Å². The van der Waals surface area contributed by atoms with Crippen molar-refractivity contribution in [1.29, 1.82) is 0 Å². The van der Waals surface area contributed by atoms with E-state index in [1.807, 2.05) is 4.90 Å². The number of piperidine rings is 1. The van der Waals surface area contributed by atoms with E-state index in [-0.39, 0.29) is 17.5 Å². The quantitative estimate of drug-likeness (QED) is 0.858. The molecule has 2 rings (SSSR count). The molecular weight excluding hydrogens is 313 g/mol. The van der Waals surface area contributed by atoms with Crippen LogP contribution in [0.25, 0.3) is 0 Å². The van der Waals surface area contributed by atoms with E-state index in [9.17, 15) is 23.1 Å². The minimum absolute atomic E-state index is 0.181. The van der Waals surface area contributed by atoms with E-state index in [0.717, 1.165) is 19.0 Å². The first-order chi connectivity index (χ1) is 10.8. The molecule has 5 nitrogen and oxygen atoms in total. The molecule has 1 aliphatic rings. The van der Waals surface area contributed by atoms with Crippen LogP contribution in [0.4, 0.5) is 19.0 Å². The number of aliphatic hydroxyl groups is 1. The first kappa shape index (κ1) is 17.5. The molecule has 1 N–H and O–H groups in total. The fourth-order valence-electron chi connectivity index (χ4n) is 2.73. The largest absolute Gasteiger partial charge is 0.469 e. The number of rotatable bonds is 4. The summed E-state index contributed by atoms with van der Waals surface area (Å²) < 4.78 is 43.1. The number of carbonyl (C=O) groups is 1. The summed E-state index contributed by atoms with van der Waals surface area (Å²) in [5, 5.41) is 9.18. The van der Waals surface area contributed by atoms with Crippen LogP contribution >= 0.6 is 0 Å². The number of ether oxygens (including phenoxy) is 1. The molecule has 1 fully saturated rings. The summed E-state index contributed by atoms with van der Waals surface area (Å²) in [7, 11) is 1.35. The zero-order valence-electron chi connectivity index (χ0n) is 12.8. The number of halogens is 3. The summed E-state index contributed by atoms with van der Waals surface area (Å²) in [6.45, 7) is 0.513. The number of anilines is 1. The highest BCUT2D eigenvalue weighted by molar-refractivity contribution is 5.69. The third kappa shape index (κ3) is 4.34. The number of aliphatic hydroxyl groups excluding tert-OH is 1. The molecule has 0 radical (unpaired) electrons. The smallest absolute Gasteiger partial charge is 0.418 e. The molecule has 0 aliphatic carbocycles. The lowest BCUT2D eigenvalue weighted by Gasteiger charge is -2.32. The van der Waals surface area contributed by atoms with Gasteiger partial charge in [-0.3, -0.25) is 4.79 Å². The maximum absolute atomic E-state index is 12.8. The number of hydrogen-bond donors (Lipinski definition) is 1. The molecule has 0 saturated carbocycles. The van der Waals surface area contributed by atoms with Gasteiger partial charge in [0.25, 0.3) is 0 Å². The van der Waals surface area contributed by atoms with Crippen LogP contribution in [0.2, 0.25) is 0 Å². The van der Waals surface area contributed by atoms with E-state index in [0.29, 0.717) is 25.3 Å². The molecule has 0 amide bonds. The van der Waals surface area contributed by atoms with Crippen LogP contribution in [0.5, 0.6) is 0 Å². The minimum Gasteiger partial charge on any atom is -0.469 e. The van der Waals surface area contributed by atoms with E-state index >= 15 is 0 Å². The highest BCUT2D eigenvalue weighted by Crippen LogP contribution is 2.33. The topological polar surface area (TPSA) is 62.7 Å². The molecule has 0 atom stereocenters. The fraction of sp³-hybridized carbons (Fsp3) is 0.600. The number of alkyl halides is 3. The van der Waals surface area contributed by atoms with Gasteiger partial charge in [-0.25, -0.2) is 4.98 Å². The summed E-state index contributed by atoms with van der Waals surface area (Å²) >= 11 is 0. The Bertz CT molecular complexity index is 555. The second-order valence-electron chi connectivity index (χ2n) is 5.57. The Hall–Kier alpha value is -1.83. The van der Waals surface area contributed by atoms with Crippen LogP contribution in [0.1, 0.15) is 30.4 Å². The fourth-order valence-corrected chi connectivity index (χ4v) is 2.73. The molecule has 1 aromatic heterocycles. The first-order valence-electron chi connectivity index (χ1n) is 7.34. The van der Waals surface area contributed by atoms with Crippen molar-refractivity contribution in [2.75, 3.05) is 25.1 Å². The predicted molar refractivity (Wildman–Crippen MR) is 76.7 cm³/mol. The molecule has 0 spiro atoms. The Balaban J connectivity index is 2.05. The van der Waals surface area contributed by atoms with Crippen molar-refractivity contribution in [3.05, 3.63) is 23.4 Å². The van der Waals surface area contributed by atoms with Gasteiger partial charge in [-0.15, -0.1) is 0 Å². The summed E-state index contributed by atoms with van der Waals surface area (Å²) in [5.41, 5.74) is -1.09. The number of esters is 1. The lowest BCUT2D eigenvalue weighted by Crippen LogP contribution is -2.35. The Morgan fingerprint density at radius 2 is 2.09 bits per heavy atom. The van der Waals surface area contributed by atoms with Gasteiger partial charge in [0.15, 0.2) is 0 Å². The molecule has 2 heterocycles. The second kappa shape index (κ2) is 7.16. The van der Waals surface area contributed by atoms with Crippen molar-refractivity contribution in [3.8, 4) is 0 Å². The Labute approximate surface area is 132 Å². The van der Waals surface area contributed by atoms with Gasteiger partial charge in [0.05, 0.1) is 19.3 Å². The van der Waals surface area contributed by atoms with Crippen LogP contribution in [0.3, 0.4) is 0 Å². The molecule has 1 aliphatic heterocycles. The SMILES string of the molecule is COC(=O)CC1CCN(c2cc(CO)c(C(F)(F)F)cn2)CC1. The number of carbonyl (C=O) groups excluding carboxylic acids is 1. The van der Waals surface area contributed by atoms with E-state index < -0.39 is 18.3 Å². The maximum atomic E-state index is 12.8. The predicted octanol–water partition coefficient (Wildman–Crippen LogP) is 2.37. The van der Waals surface area contributed by atoms with Crippen molar-refractivity contribution in [3.63, 3.8) is 0 Å². The van der Waals surface area contributed by atoms with Crippen LogP contribution in [-0.2, 0) is 22.3 Å². The van der Waals surface area contributed by atoms with Crippen LogP contribution in [-0.4, -0.2) is 36.3 Å². The van der Waals surface area contributed by atoms with Gasteiger partial charge in [0.2, 0.25) is 0 Å². The highest BCUT2D eigenvalue weighted by Gasteiger charge is 2.34. The molecule has 8 heteroatoms. The summed E-state index contributed by atoms with van der Waals surface area (Å²) in [4.78, 5) is 17.0. The van der Waals surface area contributed by atoms with E-state index in [1.54, 1.807) is 0 Å². The van der Waals surface area contributed by atoms with Gasteiger partial charge in [-0.1, -0.05) is 0 Å². The zero-order chi connectivity index (χ0) is 17.0. The number of pyridine rings is 1. The van der Waals surface area contributed by atoms with Gasteiger partial charge in [0.1, 0.15) is 5.82 Å². The van der Waals surface area contributed by atoms with Crippen molar-refractivity contribution in [2.24, 2.45) is 5.92 Å². The summed E-state index contributed by atoms with van der Waals surface area (Å²) in [6, 6.07) is 1.28. The summed E-state index contributed by atoms with van der Waals surface area (Å²) in [6.07, 6.45) is -1.93. The second-order valence-corrected chi connectivity index (χ2v) is 5.57. The molecule has 0 aromatic carbocycles. The molecule has 23 heavy (non-hydrogen) atoms. The van der Waals surface area contributed by atoms with Gasteiger partial charge in [0, 0.05) is 25.7 Å². The minimum atomic E-state index is -4.53. The lowest BCUT2D eigenvalue weighted by molar-refractivity contribution is -0.142. The average molecular weight is 332 g/mol. The highest BCUT2D eigenvalue weighted by atomic mass is 19.4. The number of hydrogen-bond acceptors (Lipinski definition) is 5. The maximum Gasteiger partial charge on any atom is 0.418 e. The van der Waals surface area contributed by atoms with Crippen LogP contribution < -0.4 is 4.90 Å². The molecule has 0 unspecified atom stereocenters. The van der Waals surface area contributed by atoms with Crippen molar-refractivity contribution < 1.29 is 27.8 Å². The lowest BCUT2D eigenvalue weighted by atomic mass is 9.93. The standard InChI is InChI=1S/C15H19F3N2O3/c1-23-14(22)6-10-2-4-20(5-3-10)13-7-11(9-21)12(8-19-13)15(16,17)18/h7-8,10,21H,2-6,9H2,1H3. The molecule has 0 bridgehead atoms. The monoisotopic (exact) mass is 332 g/mol. The average Bonchev–Trinajstić information content (AvgIpc) is 2.54. The molecular formula is C15H19F3N2O3. The molecule has 1 saturated heterocycles. The van der Waals surface area contributed by atoms with Gasteiger partial charge >= 0.3 is 12.1 Å². The number of nitrogens with zero attached hydrogens (tertiary/aromatic N) is 2. The van der Waals surface area contributed by atoms with E-state index in [4.69, 9.17) is 0 Å². The Morgan fingerprint density at radius 3 is 2.61 bits per heavy atom. The van der Waals surface area contributed by atoms with Gasteiger partial charge in [-0.2, -0.15) is 13.2 Å². The van der Waals surface area contributed by atoms with E-state index in [1.165, 1.54) is 13.2 Å². The van der Waals surface area contributed by atoms with Gasteiger partial charge < -0.3 is 14.7 Å². The third-order valence-electron chi connectivity index (χ3n) is 4.07. The Kier molecular flexibility index (Phi) is 5.46. The van der Waals surface area contributed by atoms with Gasteiger partial charge in [-0.05, 0) is 30.4 Å². The van der Waals surface area contributed by atoms with Crippen LogP contribution in [0, 0.1) is 5.92 Å². The molecule has 128 valence electrons. The normalized spacial score (nSPS) is 16.5.